The topological polar surface area (TPSA) is 68.0 Å². The van der Waals surface area contributed by atoms with Crippen molar-refractivity contribution < 1.29 is 4.79 Å². The van der Waals surface area contributed by atoms with Crippen molar-refractivity contribution in [2.75, 3.05) is 0 Å². The Morgan fingerprint density at radius 3 is 2.73 bits per heavy atom. The van der Waals surface area contributed by atoms with E-state index >= 15 is 0 Å². The van der Waals surface area contributed by atoms with E-state index in [-0.39, 0.29) is 11.9 Å². The van der Waals surface area contributed by atoms with E-state index in [1.165, 1.54) is 0 Å². The van der Waals surface area contributed by atoms with E-state index in [4.69, 9.17) is 5.73 Å². The molecule has 1 unspecified atom stereocenters. The molecule has 84 valence electrons. The van der Waals surface area contributed by atoms with Crippen LogP contribution >= 0.6 is 11.3 Å². The van der Waals surface area contributed by atoms with Crippen LogP contribution in [0.25, 0.3) is 0 Å². The zero-order valence-corrected chi connectivity index (χ0v) is 10.1. The molecular weight excluding hydrogens is 210 g/mol. The molecule has 1 aromatic rings. The Kier molecular flexibility index (Phi) is 4.23. The number of nitrogens with one attached hydrogen (secondary N) is 1. The predicted octanol–water partition coefficient (Wildman–Crippen LogP) is 1.23. The van der Waals surface area contributed by atoms with Gasteiger partial charge in [0, 0.05) is 23.5 Å². The fourth-order valence-electron chi connectivity index (χ4n) is 1.03. The van der Waals surface area contributed by atoms with E-state index in [1.54, 1.807) is 18.3 Å². The highest BCUT2D eigenvalue weighted by atomic mass is 32.1. The average Bonchev–Trinajstić information content (AvgIpc) is 2.62. The third-order valence-corrected chi connectivity index (χ3v) is 3.37. The minimum absolute atomic E-state index is 0.297. The van der Waals surface area contributed by atoms with E-state index in [0.29, 0.717) is 12.5 Å². The molecule has 3 N–H and O–H groups in total. The SMILES string of the molecule is CC(NCc1cnc(C(C)C)s1)C(N)=O. The molecule has 4 nitrogen and oxygen atoms in total. The number of nitrogens with two attached hydrogens (primary N) is 1. The standard InChI is InChI=1S/C10H17N3OS/c1-6(2)10-13-5-8(15-10)4-12-7(3)9(11)14/h5-7,12H,4H2,1-3H3,(H2,11,14). The van der Waals surface area contributed by atoms with Gasteiger partial charge in [-0.25, -0.2) is 4.98 Å². The predicted molar refractivity (Wildman–Crippen MR) is 61.7 cm³/mol. The lowest BCUT2D eigenvalue weighted by Gasteiger charge is -2.07. The number of hydrogen-bond donors (Lipinski definition) is 2. The fourth-order valence-corrected chi connectivity index (χ4v) is 1.90. The Morgan fingerprint density at radius 2 is 2.27 bits per heavy atom. The quantitative estimate of drug-likeness (QED) is 0.795. The van der Waals surface area contributed by atoms with Crippen LogP contribution < -0.4 is 11.1 Å². The van der Waals surface area contributed by atoms with E-state index in [9.17, 15) is 4.79 Å². The summed E-state index contributed by atoms with van der Waals surface area (Å²) in [5, 5.41) is 4.17. The molecule has 0 aromatic carbocycles. The average molecular weight is 227 g/mol. The minimum Gasteiger partial charge on any atom is -0.368 e. The molecule has 0 saturated heterocycles. The van der Waals surface area contributed by atoms with Crippen LogP contribution in [0.3, 0.4) is 0 Å². The second kappa shape index (κ2) is 5.23. The molecule has 1 heterocycles. The van der Waals surface area contributed by atoms with Gasteiger partial charge in [0.2, 0.25) is 5.91 Å². The van der Waals surface area contributed by atoms with Crippen LogP contribution in [-0.4, -0.2) is 16.9 Å². The van der Waals surface area contributed by atoms with Crippen molar-refractivity contribution in [2.24, 2.45) is 5.73 Å². The van der Waals surface area contributed by atoms with Crippen molar-refractivity contribution in [3.05, 3.63) is 16.1 Å². The molecule has 0 saturated carbocycles. The maximum atomic E-state index is 10.8. The van der Waals surface area contributed by atoms with E-state index in [1.807, 2.05) is 6.20 Å². The molecule has 0 aliphatic carbocycles. The largest absolute Gasteiger partial charge is 0.368 e. The highest BCUT2D eigenvalue weighted by Gasteiger charge is 2.09. The van der Waals surface area contributed by atoms with Crippen molar-refractivity contribution in [1.82, 2.24) is 10.3 Å². The summed E-state index contributed by atoms with van der Waals surface area (Å²) in [5.41, 5.74) is 5.14. The molecule has 1 amide bonds. The van der Waals surface area contributed by atoms with Gasteiger partial charge in [0.1, 0.15) is 0 Å². The number of nitrogens with zero attached hydrogens (tertiary/aromatic N) is 1. The molecule has 15 heavy (non-hydrogen) atoms. The zero-order valence-electron chi connectivity index (χ0n) is 9.28. The summed E-state index contributed by atoms with van der Waals surface area (Å²) in [6, 6.07) is -0.297. The normalized spacial score (nSPS) is 13.1. The first-order chi connectivity index (χ1) is 7.00. The fraction of sp³-hybridized carbons (Fsp3) is 0.600. The van der Waals surface area contributed by atoms with Crippen molar-refractivity contribution in [1.29, 1.82) is 0 Å². The Balaban J connectivity index is 2.47. The van der Waals surface area contributed by atoms with E-state index in [0.717, 1.165) is 9.88 Å². The lowest BCUT2D eigenvalue weighted by molar-refractivity contribution is -0.119. The van der Waals surface area contributed by atoms with Crippen LogP contribution in [-0.2, 0) is 11.3 Å². The molecule has 1 atom stereocenters. The first kappa shape index (κ1) is 12.1. The Bertz CT molecular complexity index is 335. The first-order valence-electron chi connectivity index (χ1n) is 4.98. The van der Waals surface area contributed by atoms with Crippen LogP contribution in [0.4, 0.5) is 0 Å². The summed E-state index contributed by atoms with van der Waals surface area (Å²) in [6.45, 7) is 6.63. The van der Waals surface area contributed by atoms with Crippen molar-refractivity contribution >= 4 is 17.2 Å². The zero-order chi connectivity index (χ0) is 11.4. The van der Waals surface area contributed by atoms with Crippen LogP contribution in [0, 0.1) is 0 Å². The molecule has 0 aliphatic heterocycles. The van der Waals surface area contributed by atoms with Crippen molar-refractivity contribution in [2.45, 2.75) is 39.3 Å². The Labute approximate surface area is 93.9 Å². The molecular formula is C10H17N3OS. The van der Waals surface area contributed by atoms with Gasteiger partial charge in [-0.05, 0) is 6.92 Å². The van der Waals surface area contributed by atoms with E-state index < -0.39 is 0 Å². The number of hydrogen-bond acceptors (Lipinski definition) is 4. The summed E-state index contributed by atoms with van der Waals surface area (Å²) in [7, 11) is 0. The van der Waals surface area contributed by atoms with Gasteiger partial charge in [0.05, 0.1) is 11.0 Å². The van der Waals surface area contributed by atoms with Crippen LogP contribution in [0.15, 0.2) is 6.20 Å². The van der Waals surface area contributed by atoms with Crippen molar-refractivity contribution in [3.63, 3.8) is 0 Å². The summed E-state index contributed by atoms with van der Waals surface area (Å²) in [5.74, 6) is 0.126. The summed E-state index contributed by atoms with van der Waals surface area (Å²) in [4.78, 5) is 16.2. The lowest BCUT2D eigenvalue weighted by atomic mass is 10.2. The molecule has 1 aromatic heterocycles. The Morgan fingerprint density at radius 1 is 1.60 bits per heavy atom. The third kappa shape index (κ3) is 3.60. The molecule has 0 bridgehead atoms. The van der Waals surface area contributed by atoms with Gasteiger partial charge in [0.25, 0.3) is 0 Å². The highest BCUT2D eigenvalue weighted by molar-refractivity contribution is 7.11. The van der Waals surface area contributed by atoms with Gasteiger partial charge in [-0.3, -0.25) is 4.79 Å². The van der Waals surface area contributed by atoms with Crippen LogP contribution in [0.5, 0.6) is 0 Å². The lowest BCUT2D eigenvalue weighted by Crippen LogP contribution is -2.38. The molecule has 5 heteroatoms. The van der Waals surface area contributed by atoms with Crippen LogP contribution in [0.2, 0.25) is 0 Å². The number of carbonyl (C=O) groups excluding carboxylic acids is 1. The van der Waals surface area contributed by atoms with E-state index in [2.05, 4.69) is 24.1 Å². The van der Waals surface area contributed by atoms with Crippen molar-refractivity contribution in [3.8, 4) is 0 Å². The highest BCUT2D eigenvalue weighted by Crippen LogP contribution is 2.20. The number of thiazole rings is 1. The van der Waals surface area contributed by atoms with Crippen LogP contribution in [0.1, 0.15) is 36.6 Å². The second-order valence-electron chi connectivity index (χ2n) is 3.82. The molecule has 1 rings (SSSR count). The minimum atomic E-state index is -0.330. The first-order valence-corrected chi connectivity index (χ1v) is 5.79. The summed E-state index contributed by atoms with van der Waals surface area (Å²) >= 11 is 1.67. The van der Waals surface area contributed by atoms with Gasteiger partial charge in [-0.1, -0.05) is 13.8 Å². The molecule has 0 fully saturated rings. The van der Waals surface area contributed by atoms with Gasteiger partial charge < -0.3 is 11.1 Å². The summed E-state index contributed by atoms with van der Waals surface area (Å²) < 4.78 is 0. The monoisotopic (exact) mass is 227 g/mol. The number of amides is 1. The summed E-state index contributed by atoms with van der Waals surface area (Å²) in [6.07, 6.45) is 1.85. The van der Waals surface area contributed by atoms with Gasteiger partial charge in [-0.15, -0.1) is 11.3 Å². The maximum Gasteiger partial charge on any atom is 0.234 e. The maximum absolute atomic E-state index is 10.8. The Hall–Kier alpha value is -0.940. The molecule has 0 aliphatic rings. The van der Waals surface area contributed by atoms with Gasteiger partial charge in [-0.2, -0.15) is 0 Å². The van der Waals surface area contributed by atoms with Gasteiger partial charge in [0.15, 0.2) is 0 Å². The number of rotatable bonds is 5. The smallest absolute Gasteiger partial charge is 0.234 e. The van der Waals surface area contributed by atoms with Gasteiger partial charge >= 0.3 is 0 Å². The number of aromatic nitrogens is 1. The number of carbonyl (C=O) groups is 1. The number of primary amides is 1. The third-order valence-electron chi connectivity index (χ3n) is 2.07. The molecule has 0 radical (unpaired) electrons. The second-order valence-corrected chi connectivity index (χ2v) is 4.97. The molecule has 0 spiro atoms.